The molecule has 0 spiro atoms. The molecule has 7 heteroatoms. The van der Waals surface area contributed by atoms with Crippen LogP contribution in [0.1, 0.15) is 31.2 Å². The maximum Gasteiger partial charge on any atom is 0.226 e. The Balaban J connectivity index is 1.42. The largest absolute Gasteiger partial charge is 0.497 e. The molecule has 0 bridgehead atoms. The van der Waals surface area contributed by atoms with Crippen molar-refractivity contribution in [3.8, 4) is 17.2 Å². The van der Waals surface area contributed by atoms with E-state index in [1.54, 1.807) is 21.1 Å². The lowest BCUT2D eigenvalue weighted by Gasteiger charge is -2.37. The first-order valence-corrected chi connectivity index (χ1v) is 10.6. The van der Waals surface area contributed by atoms with Gasteiger partial charge in [-0.3, -0.25) is 9.69 Å². The summed E-state index contributed by atoms with van der Waals surface area (Å²) in [6.07, 6.45) is 2.04. The van der Waals surface area contributed by atoms with E-state index in [2.05, 4.69) is 10.2 Å². The molecule has 1 aliphatic carbocycles. The Morgan fingerprint density at radius 3 is 2.53 bits per heavy atom. The van der Waals surface area contributed by atoms with Crippen molar-refractivity contribution in [2.75, 3.05) is 27.3 Å². The number of benzene rings is 1. The van der Waals surface area contributed by atoms with Gasteiger partial charge in [0.1, 0.15) is 11.5 Å². The topological polar surface area (TPSA) is 76.8 Å². The van der Waals surface area contributed by atoms with Crippen molar-refractivity contribution in [1.82, 2.24) is 15.2 Å². The molecule has 162 valence electrons. The molecular weight excluding hydrogens is 382 g/mol. The number of nitrogens with one attached hydrogen (secondary N) is 1. The van der Waals surface area contributed by atoms with Gasteiger partial charge in [-0.05, 0) is 55.9 Å². The molecule has 1 saturated heterocycles. The lowest BCUT2D eigenvalue weighted by Crippen LogP contribution is -2.49. The second-order valence-electron chi connectivity index (χ2n) is 8.52. The molecule has 2 heterocycles. The van der Waals surface area contributed by atoms with Gasteiger partial charge in [-0.25, -0.2) is 4.98 Å². The number of likely N-dealkylation sites (tertiary alicyclic amines) is 1. The van der Waals surface area contributed by atoms with Gasteiger partial charge < -0.3 is 19.2 Å². The van der Waals surface area contributed by atoms with Crippen molar-refractivity contribution in [2.45, 2.75) is 45.4 Å². The molecule has 1 saturated carbocycles. The van der Waals surface area contributed by atoms with Gasteiger partial charge in [0.2, 0.25) is 11.8 Å². The first kappa shape index (κ1) is 20.9. The first-order chi connectivity index (χ1) is 14.5. The Bertz CT molecular complexity index is 879. The molecule has 2 fully saturated rings. The Kier molecular flexibility index (Phi) is 6.11. The molecule has 0 radical (unpaired) electrons. The number of fused-ring (bicyclic) bond motifs is 1. The number of amides is 1. The van der Waals surface area contributed by atoms with Crippen LogP contribution in [0.25, 0.3) is 11.5 Å². The van der Waals surface area contributed by atoms with E-state index in [0.29, 0.717) is 17.7 Å². The van der Waals surface area contributed by atoms with Gasteiger partial charge in [0.15, 0.2) is 0 Å². The summed E-state index contributed by atoms with van der Waals surface area (Å²) < 4.78 is 16.9. The third-order valence-corrected chi connectivity index (χ3v) is 6.49. The highest BCUT2D eigenvalue weighted by Crippen LogP contribution is 2.38. The summed E-state index contributed by atoms with van der Waals surface area (Å²) in [4.78, 5) is 18.8. The average Bonchev–Trinajstić information content (AvgIpc) is 3.29. The number of ether oxygens (including phenoxy) is 2. The van der Waals surface area contributed by atoms with E-state index < -0.39 is 0 Å². The zero-order chi connectivity index (χ0) is 21.3. The molecule has 1 aromatic heterocycles. The third-order valence-electron chi connectivity index (χ3n) is 6.49. The van der Waals surface area contributed by atoms with Crippen molar-refractivity contribution >= 4 is 5.91 Å². The molecule has 2 aromatic rings. The predicted octanol–water partition coefficient (Wildman–Crippen LogP) is 3.02. The molecule has 1 amide bonds. The fraction of sp³-hybridized carbons (Fsp3) is 0.565. The fourth-order valence-corrected chi connectivity index (χ4v) is 4.96. The first-order valence-electron chi connectivity index (χ1n) is 10.6. The Morgan fingerprint density at radius 1 is 1.20 bits per heavy atom. The van der Waals surface area contributed by atoms with E-state index in [9.17, 15) is 4.79 Å². The van der Waals surface area contributed by atoms with Crippen LogP contribution < -0.4 is 10.1 Å². The van der Waals surface area contributed by atoms with E-state index in [1.807, 2.05) is 31.2 Å². The summed E-state index contributed by atoms with van der Waals surface area (Å²) in [6, 6.07) is 7.86. The highest BCUT2D eigenvalue weighted by atomic mass is 16.5. The number of aryl methyl sites for hydroxylation is 1. The molecule has 7 nitrogen and oxygen atoms in total. The Hall–Kier alpha value is -2.38. The minimum Gasteiger partial charge on any atom is -0.497 e. The Labute approximate surface area is 177 Å². The summed E-state index contributed by atoms with van der Waals surface area (Å²) in [6.45, 7) is 6.38. The summed E-state index contributed by atoms with van der Waals surface area (Å²) in [7, 11) is 3.40. The monoisotopic (exact) mass is 413 g/mol. The van der Waals surface area contributed by atoms with Crippen LogP contribution in [0.2, 0.25) is 0 Å². The second kappa shape index (κ2) is 8.78. The van der Waals surface area contributed by atoms with Gasteiger partial charge in [-0.2, -0.15) is 0 Å². The van der Waals surface area contributed by atoms with Crippen LogP contribution in [0, 0.1) is 18.8 Å². The maximum absolute atomic E-state index is 11.6. The minimum atomic E-state index is 0.0136. The van der Waals surface area contributed by atoms with Gasteiger partial charge in [-0.1, -0.05) is 0 Å². The van der Waals surface area contributed by atoms with Gasteiger partial charge in [0, 0.05) is 39.2 Å². The molecule has 2 aliphatic rings. The second-order valence-corrected chi connectivity index (χ2v) is 8.52. The minimum absolute atomic E-state index is 0.0136. The standard InChI is InChI=1S/C23H31N3O4/c1-14-21(25-23(30-14)16-5-7-19(28-3)8-6-16)13-26-11-17-9-20(24-15(2)27)22(29-4)10-18(17)12-26/h5-8,17-18,20,22H,9-13H2,1-4H3,(H,24,27)/t17-,18+,20-,22-/m1/s1. The van der Waals surface area contributed by atoms with E-state index in [4.69, 9.17) is 18.9 Å². The maximum atomic E-state index is 11.6. The number of aromatic nitrogens is 1. The third kappa shape index (κ3) is 4.37. The van der Waals surface area contributed by atoms with Crippen LogP contribution in [0.15, 0.2) is 28.7 Å². The number of rotatable bonds is 6. The fourth-order valence-electron chi connectivity index (χ4n) is 4.96. The van der Waals surface area contributed by atoms with Crippen molar-refractivity contribution in [3.05, 3.63) is 35.7 Å². The normalized spacial score (nSPS) is 26.4. The van der Waals surface area contributed by atoms with Crippen molar-refractivity contribution in [1.29, 1.82) is 0 Å². The van der Waals surface area contributed by atoms with Gasteiger partial charge >= 0.3 is 0 Å². The predicted molar refractivity (Wildman–Crippen MR) is 113 cm³/mol. The van der Waals surface area contributed by atoms with Crippen LogP contribution in [0.4, 0.5) is 0 Å². The van der Waals surface area contributed by atoms with Gasteiger partial charge in [-0.15, -0.1) is 0 Å². The number of methoxy groups -OCH3 is 2. The number of carbonyl (C=O) groups is 1. The number of hydrogen-bond donors (Lipinski definition) is 1. The summed E-state index contributed by atoms with van der Waals surface area (Å²) in [5, 5.41) is 3.08. The molecule has 4 atom stereocenters. The molecular formula is C23H31N3O4. The molecule has 30 heavy (non-hydrogen) atoms. The number of oxazole rings is 1. The molecule has 0 unspecified atom stereocenters. The summed E-state index contributed by atoms with van der Waals surface area (Å²) >= 11 is 0. The van der Waals surface area contributed by atoms with Crippen LogP contribution in [-0.4, -0.2) is 55.2 Å². The average molecular weight is 414 g/mol. The number of nitrogens with zero attached hydrogens (tertiary/aromatic N) is 2. The number of hydrogen-bond acceptors (Lipinski definition) is 6. The van der Waals surface area contributed by atoms with Crippen molar-refractivity contribution in [3.63, 3.8) is 0 Å². The molecule has 4 rings (SSSR count). The SMILES string of the molecule is COc1ccc(-c2nc(CN3C[C@H]4C[C@@H](NC(C)=O)[C@H](OC)C[C@H]4C3)c(C)o2)cc1. The van der Waals surface area contributed by atoms with E-state index in [1.165, 1.54) is 0 Å². The lowest BCUT2D eigenvalue weighted by molar-refractivity contribution is -0.121. The van der Waals surface area contributed by atoms with Gasteiger partial charge in [0.05, 0.1) is 24.9 Å². The lowest BCUT2D eigenvalue weighted by atomic mass is 9.77. The smallest absolute Gasteiger partial charge is 0.226 e. The molecule has 1 aliphatic heterocycles. The molecule has 1 aromatic carbocycles. The zero-order valence-corrected chi connectivity index (χ0v) is 18.2. The summed E-state index contributed by atoms with van der Waals surface area (Å²) in [5.74, 6) is 3.50. The molecule has 1 N–H and O–H groups in total. The van der Waals surface area contributed by atoms with Crippen LogP contribution in [0.5, 0.6) is 5.75 Å². The Morgan fingerprint density at radius 2 is 1.90 bits per heavy atom. The van der Waals surface area contributed by atoms with Gasteiger partial charge in [0.25, 0.3) is 0 Å². The van der Waals surface area contributed by atoms with Crippen molar-refractivity contribution < 1.29 is 18.7 Å². The van der Waals surface area contributed by atoms with E-state index in [0.717, 1.165) is 55.2 Å². The van der Waals surface area contributed by atoms with E-state index in [-0.39, 0.29) is 18.1 Å². The van der Waals surface area contributed by atoms with E-state index >= 15 is 0 Å². The van der Waals surface area contributed by atoms with Crippen LogP contribution in [-0.2, 0) is 16.1 Å². The highest BCUT2D eigenvalue weighted by molar-refractivity contribution is 5.73. The van der Waals surface area contributed by atoms with Crippen molar-refractivity contribution in [2.24, 2.45) is 11.8 Å². The zero-order valence-electron chi connectivity index (χ0n) is 18.2. The van der Waals surface area contributed by atoms with Crippen LogP contribution in [0.3, 0.4) is 0 Å². The summed E-state index contributed by atoms with van der Waals surface area (Å²) in [5.41, 5.74) is 1.93. The number of carbonyl (C=O) groups excluding carboxylic acids is 1. The highest BCUT2D eigenvalue weighted by Gasteiger charge is 2.42. The van der Waals surface area contributed by atoms with Crippen LogP contribution >= 0.6 is 0 Å². The quantitative estimate of drug-likeness (QED) is 0.785.